The molecule has 0 bridgehead atoms. The van der Waals surface area contributed by atoms with Gasteiger partial charge in [0.05, 0.1) is 16.8 Å². The second kappa shape index (κ2) is 4.97. The number of aromatic nitrogens is 3. The Morgan fingerprint density at radius 1 is 1.27 bits per heavy atom. The van der Waals surface area contributed by atoms with E-state index in [4.69, 9.17) is 11.6 Å². The van der Waals surface area contributed by atoms with Crippen LogP contribution < -0.4 is 10.9 Å². The summed E-state index contributed by atoms with van der Waals surface area (Å²) in [7, 11) is 0. The molecular weight excluding hydrogens is 300 g/mol. The quantitative estimate of drug-likeness (QED) is 0.790. The van der Waals surface area contributed by atoms with E-state index in [1.54, 1.807) is 21.3 Å². The Balaban J connectivity index is 2.06. The van der Waals surface area contributed by atoms with Crippen LogP contribution in [-0.4, -0.2) is 20.7 Å². The van der Waals surface area contributed by atoms with Crippen LogP contribution in [0, 0.1) is 5.92 Å². The average molecular weight is 315 g/mol. The van der Waals surface area contributed by atoms with Crippen molar-refractivity contribution in [3.63, 3.8) is 0 Å². The predicted molar refractivity (Wildman–Crippen MR) is 85.7 cm³/mol. The van der Waals surface area contributed by atoms with Crippen LogP contribution >= 0.6 is 11.6 Å². The van der Waals surface area contributed by atoms with E-state index in [0.29, 0.717) is 16.5 Å². The zero-order valence-electron chi connectivity index (χ0n) is 12.0. The number of hydrogen-bond donors (Lipinski definition) is 1. The van der Waals surface area contributed by atoms with Gasteiger partial charge < -0.3 is 5.32 Å². The van der Waals surface area contributed by atoms with Gasteiger partial charge in [0.1, 0.15) is 5.52 Å². The molecule has 6 heteroatoms. The van der Waals surface area contributed by atoms with Crippen molar-refractivity contribution in [2.45, 2.75) is 13.0 Å². The topological polar surface area (TPSA) is 51.3 Å². The highest BCUT2D eigenvalue weighted by molar-refractivity contribution is 6.33. The third kappa shape index (κ3) is 1.90. The number of halogens is 1. The first-order valence-electron chi connectivity index (χ1n) is 7.25. The molecule has 4 rings (SSSR count). The van der Waals surface area contributed by atoms with Gasteiger partial charge in [0, 0.05) is 12.7 Å². The fourth-order valence-electron chi connectivity index (χ4n) is 2.89. The Bertz CT molecular complexity index is 900. The SMILES string of the molecule is C[C@H]1CNC1c1nn2ccc(Cl)c2c(=O)n1-c1ccccc1. The minimum atomic E-state index is -0.146. The molecule has 2 atom stereocenters. The molecular formula is C16H15ClN4O. The molecule has 1 N–H and O–H groups in total. The highest BCUT2D eigenvalue weighted by Gasteiger charge is 2.33. The fourth-order valence-corrected chi connectivity index (χ4v) is 3.12. The largest absolute Gasteiger partial charge is 0.307 e. The van der Waals surface area contributed by atoms with Gasteiger partial charge in [-0.1, -0.05) is 36.7 Å². The average Bonchev–Trinajstić information content (AvgIpc) is 2.88. The molecule has 0 amide bonds. The summed E-state index contributed by atoms with van der Waals surface area (Å²) in [6.45, 7) is 3.08. The number of fused-ring (bicyclic) bond motifs is 1. The summed E-state index contributed by atoms with van der Waals surface area (Å²) in [5, 5.41) is 8.41. The Kier molecular flexibility index (Phi) is 3.06. The van der Waals surface area contributed by atoms with Crippen LogP contribution in [0.5, 0.6) is 0 Å². The smallest absolute Gasteiger partial charge is 0.284 e. The lowest BCUT2D eigenvalue weighted by molar-refractivity contribution is 0.240. The third-order valence-electron chi connectivity index (χ3n) is 4.18. The van der Waals surface area contributed by atoms with E-state index < -0.39 is 0 Å². The summed E-state index contributed by atoms with van der Waals surface area (Å²) < 4.78 is 3.24. The highest BCUT2D eigenvalue weighted by atomic mass is 35.5. The summed E-state index contributed by atoms with van der Waals surface area (Å²) in [5.41, 5.74) is 1.06. The first kappa shape index (κ1) is 13.5. The number of rotatable bonds is 2. The van der Waals surface area contributed by atoms with Gasteiger partial charge in [0.2, 0.25) is 0 Å². The molecule has 1 aromatic carbocycles. The maximum absolute atomic E-state index is 13.0. The van der Waals surface area contributed by atoms with Crippen LogP contribution in [0.4, 0.5) is 0 Å². The number of nitrogens with one attached hydrogen (secondary N) is 1. The first-order chi connectivity index (χ1) is 10.7. The molecule has 2 aromatic heterocycles. The van der Waals surface area contributed by atoms with Gasteiger partial charge in [0.15, 0.2) is 5.82 Å². The Morgan fingerprint density at radius 3 is 2.68 bits per heavy atom. The number of hydrogen-bond acceptors (Lipinski definition) is 3. The van der Waals surface area contributed by atoms with E-state index >= 15 is 0 Å². The Morgan fingerprint density at radius 2 is 2.05 bits per heavy atom. The summed E-state index contributed by atoms with van der Waals surface area (Å²) in [6, 6.07) is 11.3. The van der Waals surface area contributed by atoms with Gasteiger partial charge in [-0.05, 0) is 24.1 Å². The van der Waals surface area contributed by atoms with Crippen molar-refractivity contribution < 1.29 is 0 Å². The molecule has 0 spiro atoms. The molecule has 22 heavy (non-hydrogen) atoms. The molecule has 112 valence electrons. The summed E-state index contributed by atoms with van der Waals surface area (Å²) in [6.07, 6.45) is 1.72. The normalized spacial score (nSPS) is 21.0. The van der Waals surface area contributed by atoms with E-state index in [-0.39, 0.29) is 11.6 Å². The minimum absolute atomic E-state index is 0.0680. The Labute approximate surface area is 132 Å². The zero-order valence-corrected chi connectivity index (χ0v) is 12.8. The fraction of sp³-hybridized carbons (Fsp3) is 0.250. The monoisotopic (exact) mass is 314 g/mol. The van der Waals surface area contributed by atoms with Crippen molar-refractivity contribution in [2.24, 2.45) is 5.92 Å². The molecule has 0 aliphatic carbocycles. The lowest BCUT2D eigenvalue weighted by Gasteiger charge is -2.35. The molecule has 3 aromatic rings. The third-order valence-corrected chi connectivity index (χ3v) is 4.49. The van der Waals surface area contributed by atoms with Crippen molar-refractivity contribution in [2.75, 3.05) is 6.54 Å². The van der Waals surface area contributed by atoms with Crippen LogP contribution in [0.2, 0.25) is 5.02 Å². The second-order valence-corrected chi connectivity index (χ2v) is 6.06. The van der Waals surface area contributed by atoms with Crippen molar-refractivity contribution in [3.8, 4) is 5.69 Å². The van der Waals surface area contributed by atoms with Crippen LogP contribution in [-0.2, 0) is 0 Å². The van der Waals surface area contributed by atoms with E-state index in [1.165, 1.54) is 0 Å². The van der Waals surface area contributed by atoms with Crippen LogP contribution in [0.15, 0.2) is 47.4 Å². The van der Waals surface area contributed by atoms with Gasteiger partial charge in [0.25, 0.3) is 5.56 Å². The second-order valence-electron chi connectivity index (χ2n) is 5.65. The lowest BCUT2D eigenvalue weighted by atomic mass is 9.93. The maximum atomic E-state index is 13.0. The van der Waals surface area contributed by atoms with Gasteiger partial charge in [-0.25, -0.2) is 4.52 Å². The van der Waals surface area contributed by atoms with Crippen molar-refractivity contribution in [1.29, 1.82) is 0 Å². The van der Waals surface area contributed by atoms with Crippen molar-refractivity contribution >= 4 is 17.1 Å². The molecule has 3 heterocycles. The maximum Gasteiger partial charge on any atom is 0.284 e. The molecule has 1 saturated heterocycles. The minimum Gasteiger partial charge on any atom is -0.307 e. The molecule has 1 aliphatic rings. The van der Waals surface area contributed by atoms with Gasteiger partial charge in [-0.3, -0.25) is 9.36 Å². The molecule has 1 fully saturated rings. The van der Waals surface area contributed by atoms with Crippen LogP contribution in [0.1, 0.15) is 18.8 Å². The van der Waals surface area contributed by atoms with E-state index in [9.17, 15) is 4.79 Å². The van der Waals surface area contributed by atoms with E-state index in [2.05, 4.69) is 17.3 Å². The van der Waals surface area contributed by atoms with Crippen LogP contribution in [0.3, 0.4) is 0 Å². The number of para-hydroxylation sites is 1. The Hall–Kier alpha value is -2.11. The molecule has 5 nitrogen and oxygen atoms in total. The van der Waals surface area contributed by atoms with Gasteiger partial charge in [-0.15, -0.1) is 0 Å². The van der Waals surface area contributed by atoms with Gasteiger partial charge in [-0.2, -0.15) is 5.10 Å². The molecule has 0 radical (unpaired) electrons. The zero-order chi connectivity index (χ0) is 15.3. The standard InChI is InChI=1S/C16H15ClN4O/c1-10-9-18-13(10)15-19-20-8-7-12(17)14(20)16(22)21(15)11-5-3-2-4-6-11/h2-8,10,13,18H,9H2,1H3/t10-,13?/m0/s1. The van der Waals surface area contributed by atoms with Crippen molar-refractivity contribution in [3.05, 3.63) is 63.8 Å². The van der Waals surface area contributed by atoms with Gasteiger partial charge >= 0.3 is 0 Å². The van der Waals surface area contributed by atoms with E-state index in [1.807, 2.05) is 30.3 Å². The lowest BCUT2D eigenvalue weighted by Crippen LogP contribution is -2.47. The summed E-state index contributed by atoms with van der Waals surface area (Å²) >= 11 is 6.16. The molecule has 0 saturated carbocycles. The predicted octanol–water partition coefficient (Wildman–Crippen LogP) is 2.42. The first-order valence-corrected chi connectivity index (χ1v) is 7.63. The van der Waals surface area contributed by atoms with E-state index in [0.717, 1.165) is 18.1 Å². The summed E-state index contributed by atoms with van der Waals surface area (Å²) in [5.74, 6) is 1.15. The number of nitrogens with zero attached hydrogens (tertiary/aromatic N) is 3. The van der Waals surface area contributed by atoms with Crippen molar-refractivity contribution in [1.82, 2.24) is 19.5 Å². The molecule has 1 unspecified atom stereocenters. The number of benzene rings is 1. The summed E-state index contributed by atoms with van der Waals surface area (Å²) in [4.78, 5) is 13.0. The molecule has 1 aliphatic heterocycles. The highest BCUT2D eigenvalue weighted by Crippen LogP contribution is 2.28. The van der Waals surface area contributed by atoms with Crippen LogP contribution in [0.25, 0.3) is 11.2 Å².